The van der Waals surface area contributed by atoms with E-state index in [4.69, 9.17) is 5.73 Å². The molecule has 0 bridgehead atoms. The predicted octanol–water partition coefficient (Wildman–Crippen LogP) is -1.14. The molecule has 17 heavy (non-hydrogen) atoms. The van der Waals surface area contributed by atoms with Gasteiger partial charge in [-0.25, -0.2) is 0 Å². The van der Waals surface area contributed by atoms with Gasteiger partial charge in [0.2, 0.25) is 17.7 Å². The lowest BCUT2D eigenvalue weighted by molar-refractivity contribution is -0.143. The number of fused-ring (bicyclic) bond motifs is 1. The van der Waals surface area contributed by atoms with Crippen molar-refractivity contribution in [2.24, 2.45) is 23.5 Å². The van der Waals surface area contributed by atoms with E-state index >= 15 is 0 Å². The summed E-state index contributed by atoms with van der Waals surface area (Å²) >= 11 is 0. The lowest BCUT2D eigenvalue weighted by Crippen LogP contribution is -2.43. The highest BCUT2D eigenvalue weighted by Crippen LogP contribution is 2.42. The number of primary amides is 1. The fourth-order valence-corrected chi connectivity index (χ4v) is 2.79. The molecule has 2 aliphatic rings. The van der Waals surface area contributed by atoms with Gasteiger partial charge in [0, 0.05) is 0 Å². The van der Waals surface area contributed by atoms with Crippen molar-refractivity contribution in [3.8, 4) is 0 Å². The number of β-amino-alcohol motifs (C(OH)–C–C–N with tert-alkyl or cyclic N) is 1. The Morgan fingerprint density at radius 3 is 2.29 bits per heavy atom. The van der Waals surface area contributed by atoms with E-state index in [2.05, 4.69) is 0 Å². The molecule has 3 N–H and O–H groups in total. The normalized spacial score (nSPS) is 34.0. The van der Waals surface area contributed by atoms with E-state index in [1.165, 1.54) is 0 Å². The molecule has 2 rings (SSSR count). The summed E-state index contributed by atoms with van der Waals surface area (Å²) in [6.07, 6.45) is -0.0595. The summed E-state index contributed by atoms with van der Waals surface area (Å²) in [4.78, 5) is 35.6. The van der Waals surface area contributed by atoms with Crippen molar-refractivity contribution in [2.75, 3.05) is 6.54 Å². The van der Waals surface area contributed by atoms with Crippen LogP contribution in [0.4, 0.5) is 0 Å². The number of aliphatic hydroxyl groups excluding tert-OH is 1. The summed E-state index contributed by atoms with van der Waals surface area (Å²) in [5, 5.41) is 9.32. The van der Waals surface area contributed by atoms with Gasteiger partial charge in [-0.3, -0.25) is 19.3 Å². The summed E-state index contributed by atoms with van der Waals surface area (Å²) in [7, 11) is 0. The molecule has 1 heterocycles. The molecule has 0 radical (unpaired) electrons. The van der Waals surface area contributed by atoms with Crippen LogP contribution in [0.3, 0.4) is 0 Å². The topological polar surface area (TPSA) is 101 Å². The Kier molecular flexibility index (Phi) is 2.91. The van der Waals surface area contributed by atoms with Gasteiger partial charge in [-0.1, -0.05) is 6.92 Å². The predicted molar refractivity (Wildman–Crippen MR) is 57.3 cm³/mol. The Morgan fingerprint density at radius 2 is 1.88 bits per heavy atom. The number of imide groups is 1. The monoisotopic (exact) mass is 240 g/mol. The number of hydrogen-bond acceptors (Lipinski definition) is 4. The molecule has 0 aromatic rings. The third kappa shape index (κ3) is 1.93. The maximum atomic E-state index is 11.9. The molecule has 94 valence electrons. The average Bonchev–Trinajstić information content (AvgIpc) is 2.73. The number of hydrogen-bond donors (Lipinski definition) is 2. The first-order valence-corrected chi connectivity index (χ1v) is 5.74. The molecule has 0 spiro atoms. The molecule has 3 unspecified atom stereocenters. The quantitative estimate of drug-likeness (QED) is 0.609. The molecular weight excluding hydrogens is 224 g/mol. The van der Waals surface area contributed by atoms with Gasteiger partial charge in [0.15, 0.2) is 6.10 Å². The van der Waals surface area contributed by atoms with Gasteiger partial charge < -0.3 is 10.8 Å². The van der Waals surface area contributed by atoms with Crippen molar-refractivity contribution >= 4 is 17.7 Å². The van der Waals surface area contributed by atoms with Crippen LogP contribution in [0.5, 0.6) is 0 Å². The van der Waals surface area contributed by atoms with Crippen molar-refractivity contribution in [3.05, 3.63) is 0 Å². The first kappa shape index (κ1) is 12.0. The zero-order valence-electron chi connectivity index (χ0n) is 9.63. The number of likely N-dealkylation sites (tertiary alicyclic amines) is 1. The molecule has 3 atom stereocenters. The van der Waals surface area contributed by atoms with Crippen molar-refractivity contribution in [3.63, 3.8) is 0 Å². The largest absolute Gasteiger partial charge is 0.381 e. The first-order valence-electron chi connectivity index (χ1n) is 5.74. The second-order valence-corrected chi connectivity index (χ2v) is 4.99. The molecule has 1 saturated carbocycles. The van der Waals surface area contributed by atoms with E-state index in [1.54, 1.807) is 0 Å². The van der Waals surface area contributed by atoms with E-state index in [0.29, 0.717) is 18.8 Å². The Hall–Kier alpha value is -1.43. The first-order chi connectivity index (χ1) is 7.91. The third-order valence-corrected chi connectivity index (χ3v) is 3.65. The lowest BCUT2D eigenvalue weighted by Gasteiger charge is -2.18. The van der Waals surface area contributed by atoms with Crippen molar-refractivity contribution < 1.29 is 19.5 Å². The summed E-state index contributed by atoms with van der Waals surface area (Å²) in [6.45, 7) is 1.70. The summed E-state index contributed by atoms with van der Waals surface area (Å²) in [5.74, 6) is -1.62. The van der Waals surface area contributed by atoms with Crippen LogP contribution in [-0.2, 0) is 14.4 Å². The molecule has 6 nitrogen and oxygen atoms in total. The van der Waals surface area contributed by atoms with Crippen molar-refractivity contribution in [1.82, 2.24) is 4.90 Å². The van der Waals surface area contributed by atoms with Gasteiger partial charge in [0.25, 0.3) is 0 Å². The minimum atomic E-state index is -1.47. The second kappa shape index (κ2) is 4.10. The van der Waals surface area contributed by atoms with Gasteiger partial charge in [-0.05, 0) is 18.8 Å². The van der Waals surface area contributed by atoms with Crippen LogP contribution in [0.2, 0.25) is 0 Å². The Morgan fingerprint density at radius 1 is 1.41 bits per heavy atom. The molecule has 1 saturated heterocycles. The summed E-state index contributed by atoms with van der Waals surface area (Å²) < 4.78 is 0. The minimum Gasteiger partial charge on any atom is -0.381 e. The molecule has 1 aliphatic carbocycles. The van der Waals surface area contributed by atoms with Gasteiger partial charge >= 0.3 is 0 Å². The third-order valence-electron chi connectivity index (χ3n) is 3.65. The van der Waals surface area contributed by atoms with Crippen LogP contribution in [0.25, 0.3) is 0 Å². The number of carbonyl (C=O) groups excluding carboxylic acids is 3. The summed E-state index contributed by atoms with van der Waals surface area (Å²) in [5.41, 5.74) is 4.90. The zero-order chi connectivity index (χ0) is 12.7. The van der Waals surface area contributed by atoms with Crippen LogP contribution in [0, 0.1) is 17.8 Å². The van der Waals surface area contributed by atoms with Crippen LogP contribution >= 0.6 is 0 Å². The van der Waals surface area contributed by atoms with E-state index in [-0.39, 0.29) is 30.2 Å². The maximum Gasteiger partial charge on any atom is 0.248 e. The van der Waals surface area contributed by atoms with E-state index < -0.39 is 12.0 Å². The molecule has 2 fully saturated rings. The highest BCUT2D eigenvalue weighted by atomic mass is 16.3. The Labute approximate surface area is 98.8 Å². The van der Waals surface area contributed by atoms with Crippen LogP contribution in [0.15, 0.2) is 0 Å². The van der Waals surface area contributed by atoms with Gasteiger partial charge in [-0.2, -0.15) is 0 Å². The van der Waals surface area contributed by atoms with Crippen molar-refractivity contribution in [2.45, 2.75) is 25.9 Å². The number of amides is 3. The van der Waals surface area contributed by atoms with Crippen LogP contribution in [0.1, 0.15) is 19.8 Å². The van der Waals surface area contributed by atoms with Crippen molar-refractivity contribution in [1.29, 1.82) is 0 Å². The van der Waals surface area contributed by atoms with E-state index in [9.17, 15) is 19.5 Å². The fourth-order valence-electron chi connectivity index (χ4n) is 2.79. The number of nitrogens with zero attached hydrogens (tertiary/aromatic N) is 1. The zero-order valence-corrected chi connectivity index (χ0v) is 9.63. The number of rotatable bonds is 3. The summed E-state index contributed by atoms with van der Waals surface area (Å²) in [6, 6.07) is 0. The number of aliphatic hydroxyl groups is 1. The van der Waals surface area contributed by atoms with Gasteiger partial charge in [-0.15, -0.1) is 0 Å². The second-order valence-electron chi connectivity index (χ2n) is 4.99. The highest BCUT2D eigenvalue weighted by molar-refractivity contribution is 6.05. The van der Waals surface area contributed by atoms with Crippen LogP contribution < -0.4 is 5.73 Å². The average molecular weight is 240 g/mol. The Bertz CT molecular complexity index is 358. The minimum absolute atomic E-state index is 0.266. The molecule has 3 amide bonds. The SMILES string of the molecule is CC1CC2C(=O)N(CC(O)C(N)=O)C(=O)C2C1. The molecule has 0 aromatic heterocycles. The van der Waals surface area contributed by atoms with Gasteiger partial charge in [0.05, 0.1) is 18.4 Å². The molecule has 6 heteroatoms. The fraction of sp³-hybridized carbons (Fsp3) is 0.727. The molecule has 1 aliphatic heterocycles. The van der Waals surface area contributed by atoms with Gasteiger partial charge in [0.1, 0.15) is 0 Å². The lowest BCUT2D eigenvalue weighted by atomic mass is 10.00. The smallest absolute Gasteiger partial charge is 0.248 e. The van der Waals surface area contributed by atoms with E-state index in [0.717, 1.165) is 4.90 Å². The van der Waals surface area contributed by atoms with Crippen LogP contribution in [-0.4, -0.2) is 40.4 Å². The maximum absolute atomic E-state index is 11.9. The highest BCUT2D eigenvalue weighted by Gasteiger charge is 2.52. The molecule has 0 aromatic carbocycles. The standard InChI is InChI=1S/C11H16N2O4/c1-5-2-6-7(3-5)11(17)13(10(6)16)4-8(14)9(12)15/h5-8,14H,2-4H2,1H3,(H2,12,15). The number of carbonyl (C=O) groups is 3. The van der Waals surface area contributed by atoms with E-state index in [1.807, 2.05) is 6.92 Å². The Balaban J connectivity index is 2.09. The molecular formula is C11H16N2O4. The number of nitrogens with two attached hydrogens (primary N) is 1.